The van der Waals surface area contributed by atoms with Crippen molar-refractivity contribution in [1.82, 2.24) is 4.90 Å². The zero-order chi connectivity index (χ0) is 21.8. The van der Waals surface area contributed by atoms with Crippen molar-refractivity contribution in [3.05, 3.63) is 59.1 Å². The smallest absolute Gasteiger partial charge is 0.242 e. The van der Waals surface area contributed by atoms with E-state index in [1.165, 1.54) is 11.8 Å². The Kier molecular flexibility index (Phi) is 6.95. The molecular formula is C23H24ClN3O3S. The van der Waals surface area contributed by atoms with Gasteiger partial charge in [0.25, 0.3) is 0 Å². The zero-order valence-electron chi connectivity index (χ0n) is 17.2. The van der Waals surface area contributed by atoms with Crippen molar-refractivity contribution in [2.75, 3.05) is 18.5 Å². The van der Waals surface area contributed by atoms with Gasteiger partial charge in [0.15, 0.2) is 5.17 Å². The number of aryl methyl sites for hydroxylation is 1. The Balaban J connectivity index is 1.49. The summed E-state index contributed by atoms with van der Waals surface area (Å²) in [5, 5.41) is 3.52. The monoisotopic (exact) mass is 457 g/mol. The first-order valence-corrected chi connectivity index (χ1v) is 11.5. The van der Waals surface area contributed by atoms with Crippen LogP contribution in [0.15, 0.2) is 53.5 Å². The molecule has 2 fully saturated rings. The molecule has 2 saturated heterocycles. The number of benzene rings is 2. The number of amides is 2. The van der Waals surface area contributed by atoms with Crippen LogP contribution in [0.25, 0.3) is 0 Å². The number of carbonyl (C=O) groups excluding carboxylic acids is 2. The van der Waals surface area contributed by atoms with Crippen LogP contribution < -0.4 is 5.32 Å². The summed E-state index contributed by atoms with van der Waals surface area (Å²) in [5.74, 6) is -0.331. The van der Waals surface area contributed by atoms with Gasteiger partial charge in [-0.05, 0) is 49.6 Å². The molecule has 1 N–H and O–H groups in total. The SMILES string of the molecule is Cc1ccc(Cl)cc1NC(=O)C[C@H]1SC(=Nc2ccccc2)N(C[C@H]2CCCO2)C1=O. The van der Waals surface area contributed by atoms with E-state index in [1.54, 1.807) is 17.0 Å². The topological polar surface area (TPSA) is 71.0 Å². The summed E-state index contributed by atoms with van der Waals surface area (Å²) in [6.45, 7) is 3.08. The zero-order valence-corrected chi connectivity index (χ0v) is 18.8. The number of anilines is 1. The molecule has 0 aliphatic carbocycles. The molecule has 0 aromatic heterocycles. The molecule has 2 atom stereocenters. The molecule has 0 saturated carbocycles. The Morgan fingerprint density at radius 3 is 2.84 bits per heavy atom. The number of hydrogen-bond acceptors (Lipinski definition) is 5. The molecule has 2 aliphatic rings. The van der Waals surface area contributed by atoms with E-state index < -0.39 is 5.25 Å². The molecule has 31 heavy (non-hydrogen) atoms. The molecule has 0 spiro atoms. The van der Waals surface area contributed by atoms with Crippen molar-refractivity contribution >= 4 is 51.7 Å². The second-order valence-corrected chi connectivity index (χ2v) is 9.24. The van der Waals surface area contributed by atoms with Crippen molar-refractivity contribution in [2.24, 2.45) is 4.99 Å². The van der Waals surface area contributed by atoms with Gasteiger partial charge in [0.2, 0.25) is 11.8 Å². The van der Waals surface area contributed by atoms with E-state index in [1.807, 2.05) is 43.3 Å². The van der Waals surface area contributed by atoms with Gasteiger partial charge in [0, 0.05) is 23.7 Å². The Labute approximate surface area is 191 Å². The third kappa shape index (κ3) is 5.47. The number of halogens is 1. The molecule has 0 radical (unpaired) electrons. The fourth-order valence-electron chi connectivity index (χ4n) is 3.60. The maximum absolute atomic E-state index is 13.2. The Morgan fingerprint density at radius 1 is 1.29 bits per heavy atom. The van der Waals surface area contributed by atoms with Gasteiger partial charge >= 0.3 is 0 Å². The van der Waals surface area contributed by atoms with Gasteiger partial charge in [0.1, 0.15) is 5.25 Å². The normalized spacial score (nSPS) is 22.3. The molecular weight excluding hydrogens is 434 g/mol. The molecule has 0 bridgehead atoms. The summed E-state index contributed by atoms with van der Waals surface area (Å²) in [5.41, 5.74) is 2.34. The number of hydrogen-bond donors (Lipinski definition) is 1. The van der Waals surface area contributed by atoms with Crippen LogP contribution in [-0.2, 0) is 14.3 Å². The number of rotatable bonds is 6. The molecule has 2 amide bonds. The third-order valence-electron chi connectivity index (χ3n) is 5.26. The average Bonchev–Trinajstić information content (AvgIpc) is 3.36. The minimum atomic E-state index is -0.525. The van der Waals surface area contributed by atoms with E-state index in [-0.39, 0.29) is 24.3 Å². The van der Waals surface area contributed by atoms with Crippen molar-refractivity contribution < 1.29 is 14.3 Å². The lowest BCUT2D eigenvalue weighted by molar-refractivity contribution is -0.129. The van der Waals surface area contributed by atoms with E-state index in [0.29, 0.717) is 22.4 Å². The fourth-order valence-corrected chi connectivity index (χ4v) is 4.94. The highest BCUT2D eigenvalue weighted by atomic mass is 35.5. The number of ether oxygens (including phenoxy) is 1. The second-order valence-electron chi connectivity index (χ2n) is 7.63. The number of nitrogens with one attached hydrogen (secondary N) is 1. The van der Waals surface area contributed by atoms with Crippen molar-refractivity contribution in [2.45, 2.75) is 37.5 Å². The first-order valence-electron chi connectivity index (χ1n) is 10.3. The first kappa shape index (κ1) is 21.9. The largest absolute Gasteiger partial charge is 0.376 e. The van der Waals surface area contributed by atoms with Crippen molar-refractivity contribution in [3.63, 3.8) is 0 Å². The van der Waals surface area contributed by atoms with E-state index >= 15 is 0 Å². The van der Waals surface area contributed by atoms with Crippen LogP contribution >= 0.6 is 23.4 Å². The van der Waals surface area contributed by atoms with Crippen LogP contribution in [0.5, 0.6) is 0 Å². The number of thioether (sulfide) groups is 1. The van der Waals surface area contributed by atoms with Gasteiger partial charge in [-0.25, -0.2) is 4.99 Å². The highest BCUT2D eigenvalue weighted by Gasteiger charge is 2.40. The van der Waals surface area contributed by atoms with Gasteiger partial charge in [-0.15, -0.1) is 0 Å². The van der Waals surface area contributed by atoms with Gasteiger partial charge in [-0.1, -0.05) is 47.6 Å². The molecule has 4 rings (SSSR count). The summed E-state index contributed by atoms with van der Waals surface area (Å²) >= 11 is 7.38. The molecule has 2 aliphatic heterocycles. The third-order valence-corrected chi connectivity index (χ3v) is 6.67. The lowest BCUT2D eigenvalue weighted by Gasteiger charge is -2.20. The van der Waals surface area contributed by atoms with E-state index in [2.05, 4.69) is 10.3 Å². The minimum Gasteiger partial charge on any atom is -0.376 e. The van der Waals surface area contributed by atoms with Crippen molar-refractivity contribution in [1.29, 1.82) is 0 Å². The summed E-state index contributed by atoms with van der Waals surface area (Å²) < 4.78 is 5.73. The highest BCUT2D eigenvalue weighted by Crippen LogP contribution is 2.33. The van der Waals surface area contributed by atoms with Crippen LogP contribution in [0.1, 0.15) is 24.8 Å². The lowest BCUT2D eigenvalue weighted by atomic mass is 10.2. The maximum atomic E-state index is 13.2. The van der Waals surface area contributed by atoms with Crippen molar-refractivity contribution in [3.8, 4) is 0 Å². The van der Waals surface area contributed by atoms with Gasteiger partial charge in [-0.3, -0.25) is 14.5 Å². The molecule has 6 nitrogen and oxygen atoms in total. The van der Waals surface area contributed by atoms with Crippen LogP contribution in [0, 0.1) is 6.92 Å². The van der Waals surface area contributed by atoms with Crippen LogP contribution in [0.4, 0.5) is 11.4 Å². The van der Waals surface area contributed by atoms with Gasteiger partial charge in [0.05, 0.1) is 18.3 Å². The maximum Gasteiger partial charge on any atom is 0.242 e. The Morgan fingerprint density at radius 2 is 2.10 bits per heavy atom. The molecule has 162 valence electrons. The van der Waals surface area contributed by atoms with Crippen LogP contribution in [0.3, 0.4) is 0 Å². The minimum absolute atomic E-state index is 0.00668. The number of aliphatic imine (C=N–C) groups is 1. The Bertz CT molecular complexity index is 993. The predicted molar refractivity (Wildman–Crippen MR) is 125 cm³/mol. The molecule has 2 heterocycles. The highest BCUT2D eigenvalue weighted by molar-refractivity contribution is 8.15. The fraction of sp³-hybridized carbons (Fsp3) is 0.348. The Hall–Kier alpha value is -2.35. The quantitative estimate of drug-likeness (QED) is 0.677. The predicted octanol–water partition coefficient (Wildman–Crippen LogP) is 4.79. The van der Waals surface area contributed by atoms with Gasteiger partial charge in [-0.2, -0.15) is 0 Å². The first-order chi connectivity index (χ1) is 15.0. The van der Waals surface area contributed by atoms with Crippen LogP contribution in [-0.4, -0.2) is 46.4 Å². The molecule has 2 aromatic carbocycles. The summed E-state index contributed by atoms with van der Waals surface area (Å²) in [4.78, 5) is 32.2. The van der Waals surface area contributed by atoms with E-state index in [4.69, 9.17) is 16.3 Å². The summed E-state index contributed by atoms with van der Waals surface area (Å²) in [7, 11) is 0. The van der Waals surface area contributed by atoms with E-state index in [0.717, 1.165) is 30.7 Å². The number of nitrogens with zero attached hydrogens (tertiary/aromatic N) is 2. The number of para-hydroxylation sites is 1. The summed E-state index contributed by atoms with van der Waals surface area (Å²) in [6, 6.07) is 14.9. The van der Waals surface area contributed by atoms with Gasteiger partial charge < -0.3 is 10.1 Å². The van der Waals surface area contributed by atoms with E-state index in [9.17, 15) is 9.59 Å². The molecule has 0 unspecified atom stereocenters. The average molecular weight is 458 g/mol. The molecule has 8 heteroatoms. The van der Waals surface area contributed by atoms with Crippen LogP contribution in [0.2, 0.25) is 5.02 Å². The summed E-state index contributed by atoms with van der Waals surface area (Å²) in [6.07, 6.45) is 1.99. The standard InChI is InChI=1S/C23H24ClN3O3S/c1-15-9-10-16(24)12-19(15)26-21(28)13-20-22(29)27(14-18-8-5-11-30-18)23(31-20)25-17-6-3-2-4-7-17/h2-4,6-7,9-10,12,18,20H,5,8,11,13-14H2,1H3,(H,26,28)/t18-,20-/m1/s1. The second kappa shape index (κ2) is 9.85. The number of carbonyl (C=O) groups is 2. The number of amidine groups is 1. The molecule has 2 aromatic rings. The lowest BCUT2D eigenvalue weighted by Crippen LogP contribution is -2.38.